The summed E-state index contributed by atoms with van der Waals surface area (Å²) in [4.78, 5) is 19.2. The quantitative estimate of drug-likeness (QED) is 0.575. The largest absolute Gasteiger partial charge is 0.378 e. The molecule has 1 amide bonds. The predicted octanol–water partition coefficient (Wildman–Crippen LogP) is 1.84. The van der Waals surface area contributed by atoms with Crippen molar-refractivity contribution in [1.82, 2.24) is 15.5 Å². The second-order valence-electron chi connectivity index (χ2n) is 6.96. The summed E-state index contributed by atoms with van der Waals surface area (Å²) in [6, 6.07) is 9.95. The number of carbonyl (C=O) groups excluding carboxylic acids is 1. The molecule has 1 aromatic carbocycles. The lowest BCUT2D eigenvalue weighted by Crippen LogP contribution is -2.47. The van der Waals surface area contributed by atoms with Gasteiger partial charge in [-0.15, -0.1) is 0 Å². The Morgan fingerprint density at radius 1 is 1.19 bits per heavy atom. The maximum Gasteiger partial charge on any atom is 0.232 e. The average Bonchev–Trinajstić information content (AvgIpc) is 2.67. The number of carbonyl (C=O) groups is 1. The summed E-state index contributed by atoms with van der Waals surface area (Å²) in [5, 5.41) is 6.64. The smallest absolute Gasteiger partial charge is 0.232 e. The third-order valence-electron chi connectivity index (χ3n) is 4.53. The van der Waals surface area contributed by atoms with Gasteiger partial charge in [0.25, 0.3) is 0 Å². The monoisotopic (exact) mass is 360 g/mol. The van der Waals surface area contributed by atoms with Gasteiger partial charge in [-0.05, 0) is 17.9 Å². The maximum absolute atomic E-state index is 13.1. The lowest BCUT2D eigenvalue weighted by molar-refractivity contribution is -0.136. The first-order chi connectivity index (χ1) is 12.6. The van der Waals surface area contributed by atoms with Crippen LogP contribution in [0.3, 0.4) is 0 Å². The van der Waals surface area contributed by atoms with Crippen LogP contribution in [-0.4, -0.2) is 63.2 Å². The van der Waals surface area contributed by atoms with Crippen LogP contribution < -0.4 is 10.6 Å². The molecule has 0 saturated carbocycles. The minimum Gasteiger partial charge on any atom is -0.378 e. The number of rotatable bonds is 7. The second-order valence-corrected chi connectivity index (χ2v) is 6.96. The first-order valence-electron chi connectivity index (χ1n) is 9.47. The number of guanidine groups is 1. The Bertz CT molecular complexity index is 568. The third kappa shape index (κ3) is 6.33. The number of nitrogens with one attached hydrogen (secondary N) is 2. The van der Waals surface area contributed by atoms with Gasteiger partial charge in [0.1, 0.15) is 0 Å². The lowest BCUT2D eigenvalue weighted by Gasteiger charge is -2.31. The molecule has 1 atom stereocenters. The molecule has 1 heterocycles. The van der Waals surface area contributed by atoms with Crippen molar-refractivity contribution in [3.05, 3.63) is 35.9 Å². The summed E-state index contributed by atoms with van der Waals surface area (Å²) >= 11 is 0. The highest BCUT2D eigenvalue weighted by Gasteiger charge is 2.27. The van der Waals surface area contributed by atoms with Gasteiger partial charge in [-0.2, -0.15) is 0 Å². The fourth-order valence-corrected chi connectivity index (χ4v) is 2.94. The minimum atomic E-state index is -0.238. The van der Waals surface area contributed by atoms with E-state index < -0.39 is 0 Å². The number of morpholine rings is 1. The number of ether oxygens (including phenoxy) is 1. The van der Waals surface area contributed by atoms with Crippen LogP contribution >= 0.6 is 0 Å². The molecule has 1 aromatic rings. The number of amides is 1. The van der Waals surface area contributed by atoms with Crippen LogP contribution in [0.25, 0.3) is 0 Å². The number of hydrogen-bond acceptors (Lipinski definition) is 3. The molecule has 6 nitrogen and oxygen atoms in total. The molecule has 0 spiro atoms. The van der Waals surface area contributed by atoms with Gasteiger partial charge in [-0.1, -0.05) is 44.2 Å². The van der Waals surface area contributed by atoms with Crippen molar-refractivity contribution < 1.29 is 9.53 Å². The van der Waals surface area contributed by atoms with Crippen molar-refractivity contribution in [2.45, 2.75) is 26.2 Å². The van der Waals surface area contributed by atoms with E-state index in [9.17, 15) is 4.79 Å². The van der Waals surface area contributed by atoms with E-state index >= 15 is 0 Å². The zero-order chi connectivity index (χ0) is 18.8. The fraction of sp³-hybridized carbons (Fsp3) is 0.600. The fourth-order valence-electron chi connectivity index (χ4n) is 2.94. The summed E-state index contributed by atoms with van der Waals surface area (Å²) in [6.07, 6.45) is 1.08. The summed E-state index contributed by atoms with van der Waals surface area (Å²) in [7, 11) is 1.76. The molecule has 0 radical (unpaired) electrons. The summed E-state index contributed by atoms with van der Waals surface area (Å²) in [5.74, 6) is 1.28. The van der Waals surface area contributed by atoms with E-state index in [4.69, 9.17) is 4.74 Å². The molecule has 1 unspecified atom stereocenters. The highest BCUT2D eigenvalue weighted by molar-refractivity contribution is 5.86. The number of benzene rings is 1. The summed E-state index contributed by atoms with van der Waals surface area (Å²) in [6.45, 7) is 8.31. The lowest BCUT2D eigenvalue weighted by atomic mass is 9.97. The molecule has 2 rings (SSSR count). The Balaban J connectivity index is 2.00. The highest BCUT2D eigenvalue weighted by Crippen LogP contribution is 2.18. The van der Waals surface area contributed by atoms with E-state index in [1.165, 1.54) is 0 Å². The summed E-state index contributed by atoms with van der Waals surface area (Å²) in [5.41, 5.74) is 1.02. The molecule has 0 aliphatic carbocycles. The Kier molecular flexibility index (Phi) is 8.41. The molecular formula is C20H32N4O2. The molecule has 1 saturated heterocycles. The Labute approximate surface area is 157 Å². The zero-order valence-corrected chi connectivity index (χ0v) is 16.2. The van der Waals surface area contributed by atoms with Gasteiger partial charge >= 0.3 is 0 Å². The highest BCUT2D eigenvalue weighted by atomic mass is 16.5. The molecule has 1 aliphatic rings. The molecule has 1 aliphatic heterocycles. The van der Waals surface area contributed by atoms with Crippen LogP contribution in [0, 0.1) is 5.92 Å². The SMILES string of the molecule is CN=C(NCCC(C)C)NCC(C(=O)N1CCOCC1)c1ccccc1. The number of nitrogens with zero attached hydrogens (tertiary/aromatic N) is 2. The van der Waals surface area contributed by atoms with Crippen molar-refractivity contribution in [2.24, 2.45) is 10.9 Å². The normalized spacial score (nSPS) is 16.5. The Hall–Kier alpha value is -2.08. The predicted molar refractivity (Wildman–Crippen MR) is 105 cm³/mol. The minimum absolute atomic E-state index is 0.143. The van der Waals surface area contributed by atoms with E-state index in [1.54, 1.807) is 7.05 Å². The van der Waals surface area contributed by atoms with Crippen LogP contribution in [-0.2, 0) is 9.53 Å². The van der Waals surface area contributed by atoms with Crippen molar-refractivity contribution in [1.29, 1.82) is 0 Å². The van der Waals surface area contributed by atoms with E-state index in [0.717, 1.165) is 24.5 Å². The molecule has 2 N–H and O–H groups in total. The maximum atomic E-state index is 13.1. The topological polar surface area (TPSA) is 66.0 Å². The first kappa shape index (κ1) is 20.2. The molecule has 0 bridgehead atoms. The first-order valence-corrected chi connectivity index (χ1v) is 9.47. The van der Waals surface area contributed by atoms with Gasteiger partial charge in [0, 0.05) is 33.2 Å². The molecule has 144 valence electrons. The van der Waals surface area contributed by atoms with E-state index in [-0.39, 0.29) is 11.8 Å². The second kappa shape index (κ2) is 10.8. The van der Waals surface area contributed by atoms with Crippen LogP contribution in [0.4, 0.5) is 0 Å². The van der Waals surface area contributed by atoms with Crippen LogP contribution in [0.5, 0.6) is 0 Å². The number of hydrogen-bond donors (Lipinski definition) is 2. The van der Waals surface area contributed by atoms with Crippen molar-refractivity contribution >= 4 is 11.9 Å². The van der Waals surface area contributed by atoms with Gasteiger partial charge in [0.15, 0.2) is 5.96 Å². The zero-order valence-electron chi connectivity index (χ0n) is 16.2. The van der Waals surface area contributed by atoms with Crippen molar-refractivity contribution in [3.63, 3.8) is 0 Å². The molecule has 0 aromatic heterocycles. The van der Waals surface area contributed by atoms with Crippen LogP contribution in [0.1, 0.15) is 31.7 Å². The Morgan fingerprint density at radius 2 is 1.88 bits per heavy atom. The summed E-state index contributed by atoms with van der Waals surface area (Å²) < 4.78 is 5.38. The van der Waals surface area contributed by atoms with Gasteiger partial charge in [0.2, 0.25) is 5.91 Å². The van der Waals surface area contributed by atoms with Gasteiger partial charge < -0.3 is 20.3 Å². The van der Waals surface area contributed by atoms with Gasteiger partial charge in [-0.25, -0.2) is 0 Å². The molecule has 26 heavy (non-hydrogen) atoms. The molecule has 1 fully saturated rings. The van der Waals surface area contributed by atoms with Crippen LogP contribution in [0.2, 0.25) is 0 Å². The van der Waals surface area contributed by atoms with E-state index in [1.807, 2.05) is 35.2 Å². The molecular weight excluding hydrogens is 328 g/mol. The van der Waals surface area contributed by atoms with Gasteiger partial charge in [0.05, 0.1) is 19.1 Å². The average molecular weight is 361 g/mol. The van der Waals surface area contributed by atoms with Crippen molar-refractivity contribution in [3.8, 4) is 0 Å². The van der Waals surface area contributed by atoms with Crippen molar-refractivity contribution in [2.75, 3.05) is 46.4 Å². The standard InChI is InChI=1S/C20H32N4O2/c1-16(2)9-10-22-20(21-3)23-15-18(17-7-5-4-6-8-17)19(25)24-11-13-26-14-12-24/h4-8,16,18H,9-15H2,1-3H3,(H2,21,22,23). The Morgan fingerprint density at radius 3 is 2.50 bits per heavy atom. The van der Waals surface area contributed by atoms with Gasteiger partial charge in [-0.3, -0.25) is 9.79 Å². The van der Waals surface area contributed by atoms with E-state index in [0.29, 0.717) is 38.8 Å². The molecule has 6 heteroatoms. The number of aliphatic imine (C=N–C) groups is 1. The van der Waals surface area contributed by atoms with E-state index in [2.05, 4.69) is 29.5 Å². The third-order valence-corrected chi connectivity index (χ3v) is 4.53. The van der Waals surface area contributed by atoms with Crippen LogP contribution in [0.15, 0.2) is 35.3 Å².